The molecule has 7 heteroatoms. The fraction of sp³-hybridized carbons (Fsp3) is 0.345. The highest BCUT2D eigenvalue weighted by Crippen LogP contribution is 2.33. The lowest BCUT2D eigenvalue weighted by molar-refractivity contribution is 0.0527. The molecule has 0 spiro atoms. The van der Waals surface area contributed by atoms with Crippen LogP contribution in [-0.2, 0) is 26.7 Å². The smallest absolute Gasteiger partial charge is 0.407 e. The van der Waals surface area contributed by atoms with Crippen molar-refractivity contribution in [3.63, 3.8) is 0 Å². The number of sulfone groups is 1. The summed E-state index contributed by atoms with van der Waals surface area (Å²) in [7, 11) is -2.19. The van der Waals surface area contributed by atoms with Crippen molar-refractivity contribution in [1.82, 2.24) is 5.32 Å². The maximum Gasteiger partial charge on any atom is 0.407 e. The van der Waals surface area contributed by atoms with E-state index in [4.69, 9.17) is 9.47 Å². The average Bonchev–Trinajstić information content (AvgIpc) is 2.81. The molecule has 0 aliphatic rings. The van der Waals surface area contributed by atoms with Crippen LogP contribution in [-0.4, -0.2) is 33.8 Å². The van der Waals surface area contributed by atoms with Crippen LogP contribution in [0.15, 0.2) is 71.6 Å². The van der Waals surface area contributed by atoms with Crippen LogP contribution in [0.2, 0.25) is 0 Å². The van der Waals surface area contributed by atoms with Crippen molar-refractivity contribution in [3.8, 4) is 16.9 Å². The molecule has 6 nitrogen and oxygen atoms in total. The van der Waals surface area contributed by atoms with Crippen molar-refractivity contribution in [2.24, 2.45) is 0 Å². The SMILES string of the molecule is COc1ccc(-c2ccccc2C)cc1S(=O)(=O)Cc1cccc(CCCNC(=O)OC(C)(C)C)c1. The number of nitrogens with one attached hydrogen (secondary N) is 1. The molecule has 0 heterocycles. The second-order valence-corrected chi connectivity index (χ2v) is 11.7. The Balaban J connectivity index is 1.72. The van der Waals surface area contributed by atoms with Gasteiger partial charge in [0.05, 0.1) is 12.9 Å². The van der Waals surface area contributed by atoms with E-state index in [1.54, 1.807) is 12.1 Å². The molecule has 1 N–H and O–H groups in total. The molecule has 0 unspecified atom stereocenters. The molecule has 0 aliphatic heterocycles. The maximum absolute atomic E-state index is 13.5. The second kappa shape index (κ2) is 11.6. The first-order chi connectivity index (χ1) is 17.0. The predicted molar refractivity (Wildman–Crippen MR) is 143 cm³/mol. The van der Waals surface area contributed by atoms with Crippen molar-refractivity contribution in [2.45, 2.75) is 56.8 Å². The Morgan fingerprint density at radius 2 is 1.67 bits per heavy atom. The van der Waals surface area contributed by atoms with Gasteiger partial charge in [-0.1, -0.05) is 54.6 Å². The minimum atomic E-state index is -3.67. The summed E-state index contributed by atoms with van der Waals surface area (Å²) < 4.78 is 37.6. The lowest BCUT2D eigenvalue weighted by atomic mass is 10.0. The molecule has 36 heavy (non-hydrogen) atoms. The van der Waals surface area contributed by atoms with E-state index in [-0.39, 0.29) is 10.6 Å². The van der Waals surface area contributed by atoms with Crippen LogP contribution in [0.1, 0.15) is 43.9 Å². The van der Waals surface area contributed by atoms with Gasteiger partial charge < -0.3 is 14.8 Å². The summed E-state index contributed by atoms with van der Waals surface area (Å²) in [5.41, 5.74) is 4.06. The number of methoxy groups -OCH3 is 1. The molecule has 0 aromatic heterocycles. The molecule has 0 aliphatic carbocycles. The summed E-state index contributed by atoms with van der Waals surface area (Å²) in [5.74, 6) is 0.196. The summed E-state index contributed by atoms with van der Waals surface area (Å²) in [5, 5.41) is 2.75. The highest BCUT2D eigenvalue weighted by molar-refractivity contribution is 7.90. The van der Waals surface area contributed by atoms with Gasteiger partial charge in [0.15, 0.2) is 9.84 Å². The monoisotopic (exact) mass is 509 g/mol. The number of rotatable bonds is 9. The number of ether oxygens (including phenoxy) is 2. The van der Waals surface area contributed by atoms with Crippen LogP contribution in [0.4, 0.5) is 4.79 Å². The zero-order chi connectivity index (χ0) is 26.3. The molecule has 0 radical (unpaired) electrons. The minimum Gasteiger partial charge on any atom is -0.495 e. The summed E-state index contributed by atoms with van der Waals surface area (Å²) in [6, 6.07) is 20.7. The van der Waals surface area contributed by atoms with Gasteiger partial charge in [0, 0.05) is 6.54 Å². The Morgan fingerprint density at radius 3 is 2.36 bits per heavy atom. The highest BCUT2D eigenvalue weighted by atomic mass is 32.2. The van der Waals surface area contributed by atoms with Gasteiger partial charge in [0.1, 0.15) is 16.2 Å². The van der Waals surface area contributed by atoms with Crippen molar-refractivity contribution >= 4 is 15.9 Å². The summed E-state index contributed by atoms with van der Waals surface area (Å²) in [6.45, 7) is 7.94. The van der Waals surface area contributed by atoms with Crippen LogP contribution >= 0.6 is 0 Å². The van der Waals surface area contributed by atoms with Crippen LogP contribution in [0.3, 0.4) is 0 Å². The normalized spacial score (nSPS) is 11.7. The van der Waals surface area contributed by atoms with Gasteiger partial charge in [-0.2, -0.15) is 0 Å². The molecule has 3 aromatic carbocycles. The van der Waals surface area contributed by atoms with Crippen LogP contribution in [0.5, 0.6) is 5.75 Å². The average molecular weight is 510 g/mol. The van der Waals surface area contributed by atoms with E-state index in [0.717, 1.165) is 22.3 Å². The molecule has 1 amide bonds. The lowest BCUT2D eigenvalue weighted by Crippen LogP contribution is -2.33. The Kier molecular flexibility index (Phi) is 8.79. The third-order valence-corrected chi connectivity index (χ3v) is 7.32. The molecule has 0 fully saturated rings. The summed E-state index contributed by atoms with van der Waals surface area (Å²) >= 11 is 0. The molecule has 0 saturated heterocycles. The Bertz CT molecular complexity index is 1310. The van der Waals surface area contributed by atoms with Gasteiger partial charge in [-0.15, -0.1) is 0 Å². The number of amides is 1. The van der Waals surface area contributed by atoms with E-state index in [9.17, 15) is 13.2 Å². The van der Waals surface area contributed by atoms with Crippen molar-refractivity contribution in [1.29, 1.82) is 0 Å². The van der Waals surface area contributed by atoms with Gasteiger partial charge in [0.2, 0.25) is 0 Å². The second-order valence-electron chi connectivity index (χ2n) is 9.79. The van der Waals surface area contributed by atoms with Crippen LogP contribution in [0, 0.1) is 6.92 Å². The molecule has 3 rings (SSSR count). The van der Waals surface area contributed by atoms with Crippen LogP contribution < -0.4 is 10.1 Å². The topological polar surface area (TPSA) is 81.7 Å². The number of hydrogen-bond donors (Lipinski definition) is 1. The van der Waals surface area contributed by atoms with Gasteiger partial charge in [-0.3, -0.25) is 0 Å². The minimum absolute atomic E-state index is 0.134. The maximum atomic E-state index is 13.5. The number of carbonyl (C=O) groups is 1. The van der Waals surface area contributed by atoms with Gasteiger partial charge >= 0.3 is 6.09 Å². The molecule has 192 valence electrons. The third kappa shape index (κ3) is 7.59. The number of aryl methyl sites for hydroxylation is 2. The first-order valence-electron chi connectivity index (χ1n) is 12.0. The first-order valence-corrected chi connectivity index (χ1v) is 13.7. The summed E-state index contributed by atoms with van der Waals surface area (Å²) in [4.78, 5) is 12.0. The van der Waals surface area contributed by atoms with E-state index in [0.29, 0.717) is 30.7 Å². The molecule has 3 aromatic rings. The highest BCUT2D eigenvalue weighted by Gasteiger charge is 2.22. The van der Waals surface area contributed by atoms with Crippen molar-refractivity contribution in [2.75, 3.05) is 13.7 Å². The fourth-order valence-electron chi connectivity index (χ4n) is 3.95. The zero-order valence-electron chi connectivity index (χ0n) is 21.6. The fourth-order valence-corrected chi connectivity index (χ4v) is 5.49. The molecule has 0 atom stereocenters. The first kappa shape index (κ1) is 27.3. The van der Waals surface area contributed by atoms with E-state index < -0.39 is 21.5 Å². The quantitative estimate of drug-likeness (QED) is 0.352. The molecule has 0 saturated carbocycles. The van der Waals surface area contributed by atoms with Gasteiger partial charge in [0.25, 0.3) is 0 Å². The number of alkyl carbamates (subject to hydrolysis) is 1. The zero-order valence-corrected chi connectivity index (χ0v) is 22.4. The predicted octanol–water partition coefficient (Wildman–Crippen LogP) is 6.10. The van der Waals surface area contributed by atoms with Crippen molar-refractivity contribution < 1.29 is 22.7 Å². The third-order valence-electron chi connectivity index (χ3n) is 5.61. The van der Waals surface area contributed by atoms with Gasteiger partial charge in [-0.05, 0) is 80.5 Å². The van der Waals surface area contributed by atoms with Crippen molar-refractivity contribution in [3.05, 3.63) is 83.4 Å². The number of hydrogen-bond acceptors (Lipinski definition) is 5. The molecular formula is C29H35NO5S. The van der Waals surface area contributed by atoms with E-state index in [1.165, 1.54) is 7.11 Å². The Morgan fingerprint density at radius 1 is 0.944 bits per heavy atom. The largest absolute Gasteiger partial charge is 0.495 e. The number of carbonyl (C=O) groups excluding carboxylic acids is 1. The molecule has 0 bridgehead atoms. The Hall–Kier alpha value is -3.32. The van der Waals surface area contributed by atoms with Crippen LogP contribution in [0.25, 0.3) is 11.1 Å². The van der Waals surface area contributed by atoms with E-state index in [2.05, 4.69) is 5.32 Å². The van der Waals surface area contributed by atoms with Gasteiger partial charge in [-0.25, -0.2) is 13.2 Å². The Labute approximate surface area is 214 Å². The van der Waals surface area contributed by atoms with E-state index in [1.807, 2.05) is 82.3 Å². The van der Waals surface area contributed by atoms with E-state index >= 15 is 0 Å². The molecular weight excluding hydrogens is 474 g/mol. The lowest BCUT2D eigenvalue weighted by Gasteiger charge is -2.19. The number of benzene rings is 3. The standard InChI is InChI=1S/C29H35NO5S/c1-21-10-6-7-14-25(21)24-15-16-26(34-5)27(19-24)36(32,33)20-23-12-8-11-22(18-23)13-9-17-30-28(31)35-29(2,3)4/h6-8,10-12,14-16,18-19H,9,13,17,20H2,1-5H3,(H,30,31). The summed E-state index contributed by atoms with van der Waals surface area (Å²) in [6.07, 6.45) is 0.974.